The topological polar surface area (TPSA) is 190 Å². The highest BCUT2D eigenvalue weighted by atomic mass is 16.6. The van der Waals surface area contributed by atoms with Crippen molar-refractivity contribution >= 4 is 23.3 Å². The number of esters is 2. The Morgan fingerprint density at radius 1 is 1.26 bits per heavy atom. The van der Waals surface area contributed by atoms with Gasteiger partial charge in [0.2, 0.25) is 0 Å². The molecular weight excluding hydrogens is 496 g/mol. The molecule has 202 valence electrons. The fourth-order valence-electron chi connectivity index (χ4n) is 3.87. The highest BCUT2D eigenvalue weighted by Gasteiger charge is 2.44. The van der Waals surface area contributed by atoms with Crippen LogP contribution in [0.15, 0.2) is 45.6 Å². The first-order chi connectivity index (χ1) is 18.0. The van der Waals surface area contributed by atoms with E-state index in [0.717, 1.165) is 0 Å². The largest absolute Gasteiger partial charge is 0.464 e. The number of carbonyl (C=O) groups excluding carboxylic acids is 2. The van der Waals surface area contributed by atoms with Crippen LogP contribution in [-0.4, -0.2) is 54.5 Å². The molecular formula is C25H30N6O7. The number of benzene rings is 1. The molecule has 13 heteroatoms. The van der Waals surface area contributed by atoms with Gasteiger partial charge in [-0.25, -0.2) is 4.79 Å². The van der Waals surface area contributed by atoms with E-state index in [1.165, 1.54) is 24.3 Å². The minimum absolute atomic E-state index is 0.0156. The van der Waals surface area contributed by atoms with Crippen LogP contribution in [0.4, 0.5) is 5.69 Å². The number of nitro groups is 1. The number of nitro benzene ring substituents is 1. The minimum Gasteiger partial charge on any atom is -0.464 e. The number of nitriles is 1. The van der Waals surface area contributed by atoms with E-state index in [1.54, 1.807) is 27.7 Å². The van der Waals surface area contributed by atoms with Crippen LogP contribution in [0.2, 0.25) is 0 Å². The van der Waals surface area contributed by atoms with Gasteiger partial charge in [0.25, 0.3) is 5.69 Å². The molecule has 1 aromatic rings. The Balaban J connectivity index is 2.70. The minimum atomic E-state index is -1.05. The van der Waals surface area contributed by atoms with E-state index in [9.17, 15) is 19.7 Å². The predicted octanol–water partition coefficient (Wildman–Crippen LogP) is 4.54. The summed E-state index contributed by atoms with van der Waals surface area (Å²) < 4.78 is 16.6. The highest BCUT2D eigenvalue weighted by Crippen LogP contribution is 2.42. The Morgan fingerprint density at radius 3 is 2.50 bits per heavy atom. The molecule has 38 heavy (non-hydrogen) atoms. The van der Waals surface area contributed by atoms with Crippen molar-refractivity contribution in [3.8, 4) is 6.07 Å². The van der Waals surface area contributed by atoms with Crippen molar-refractivity contribution < 1.29 is 28.7 Å². The Bertz CT molecular complexity index is 1190. The molecule has 0 spiro atoms. The van der Waals surface area contributed by atoms with Gasteiger partial charge in [-0.05, 0) is 38.3 Å². The first kappa shape index (κ1) is 30.0. The van der Waals surface area contributed by atoms with Crippen molar-refractivity contribution in [3.63, 3.8) is 0 Å². The van der Waals surface area contributed by atoms with Crippen LogP contribution in [0.5, 0.6) is 0 Å². The maximum absolute atomic E-state index is 13.6. The number of ether oxygens (including phenoxy) is 3. The molecule has 0 amide bonds. The molecule has 0 radical (unpaired) electrons. The fraction of sp³-hybridized carbons (Fsp3) is 0.520. The zero-order valence-corrected chi connectivity index (χ0v) is 21.7. The molecule has 0 aromatic heterocycles. The Labute approximate surface area is 219 Å². The molecule has 1 heterocycles. The summed E-state index contributed by atoms with van der Waals surface area (Å²) in [5.74, 6) is -3.42. The summed E-state index contributed by atoms with van der Waals surface area (Å²) in [7, 11) is 0. The van der Waals surface area contributed by atoms with Gasteiger partial charge < -0.3 is 14.2 Å². The zero-order chi connectivity index (χ0) is 28.3. The third-order valence-corrected chi connectivity index (χ3v) is 5.39. The van der Waals surface area contributed by atoms with Crippen molar-refractivity contribution in [1.29, 1.82) is 5.26 Å². The summed E-state index contributed by atoms with van der Waals surface area (Å²) >= 11 is 0. The monoisotopic (exact) mass is 526 g/mol. The SMILES string of the molecule is CCC1=NC(COCCN=[N+]=[N-])=C(C(=O)OC(C)(C)C)C(c2ccc([N+](=O)[O-])cc2)C1C(=O)OCCC#N. The average Bonchev–Trinajstić information content (AvgIpc) is 2.86. The Hall–Kier alpha value is -4.27. The maximum Gasteiger partial charge on any atom is 0.337 e. The van der Waals surface area contributed by atoms with Gasteiger partial charge in [-0.1, -0.05) is 24.2 Å². The number of non-ortho nitro benzene ring substituents is 1. The summed E-state index contributed by atoms with van der Waals surface area (Å²) in [5.41, 5.74) is 8.57. The third kappa shape index (κ3) is 8.12. The summed E-state index contributed by atoms with van der Waals surface area (Å²) in [6.45, 7) is 6.72. The van der Waals surface area contributed by atoms with E-state index in [1.807, 2.05) is 6.07 Å². The molecule has 0 saturated carbocycles. The van der Waals surface area contributed by atoms with Gasteiger partial charge in [0.05, 0.1) is 41.9 Å². The standard InChI is InChI=1S/C25H30N6O7/c1-5-18-21(23(32)37-13-6-11-26)20(16-7-9-17(10-8-16)31(34)35)22(24(33)38-25(2,3)4)19(29-18)15-36-14-12-28-30-27/h7-10,20-21H,5-6,12-15H2,1-4H3. The lowest BCUT2D eigenvalue weighted by atomic mass is 9.74. The number of rotatable bonds is 12. The van der Waals surface area contributed by atoms with Gasteiger partial charge in [0.1, 0.15) is 18.1 Å². The molecule has 1 aliphatic heterocycles. The molecule has 13 nitrogen and oxygen atoms in total. The van der Waals surface area contributed by atoms with Crippen molar-refractivity contribution in [1.82, 2.24) is 0 Å². The van der Waals surface area contributed by atoms with Gasteiger partial charge in [0, 0.05) is 35.2 Å². The number of hydrogen-bond acceptors (Lipinski definition) is 10. The van der Waals surface area contributed by atoms with Crippen LogP contribution in [0.1, 0.15) is 52.0 Å². The summed E-state index contributed by atoms with van der Waals surface area (Å²) in [4.78, 5) is 44.8. The number of nitrogens with zero attached hydrogens (tertiary/aromatic N) is 6. The summed E-state index contributed by atoms with van der Waals surface area (Å²) in [5, 5.41) is 23.5. The molecule has 1 aliphatic rings. The average molecular weight is 527 g/mol. The normalized spacial score (nSPS) is 17.1. The van der Waals surface area contributed by atoms with E-state index >= 15 is 0 Å². The number of azide groups is 1. The first-order valence-electron chi connectivity index (χ1n) is 11.9. The number of aliphatic imine (C=N–C) groups is 1. The molecule has 0 fully saturated rings. The van der Waals surface area contributed by atoms with E-state index in [-0.39, 0.29) is 49.7 Å². The molecule has 2 rings (SSSR count). The van der Waals surface area contributed by atoms with Crippen LogP contribution < -0.4 is 0 Å². The Kier molecular flexibility index (Phi) is 10.9. The lowest BCUT2D eigenvalue weighted by Crippen LogP contribution is -2.39. The van der Waals surface area contributed by atoms with Crippen molar-refractivity contribution in [3.05, 3.63) is 61.7 Å². The molecule has 2 atom stereocenters. The third-order valence-electron chi connectivity index (χ3n) is 5.39. The second-order valence-electron chi connectivity index (χ2n) is 9.21. The molecule has 2 unspecified atom stereocenters. The maximum atomic E-state index is 13.6. The van der Waals surface area contributed by atoms with Crippen LogP contribution in [0.3, 0.4) is 0 Å². The fourth-order valence-corrected chi connectivity index (χ4v) is 3.87. The smallest absolute Gasteiger partial charge is 0.337 e. The molecule has 0 bridgehead atoms. The van der Waals surface area contributed by atoms with Gasteiger partial charge in [0.15, 0.2) is 0 Å². The van der Waals surface area contributed by atoms with Crippen molar-refractivity contribution in [2.75, 3.05) is 26.4 Å². The van der Waals surface area contributed by atoms with Crippen LogP contribution in [0, 0.1) is 27.4 Å². The van der Waals surface area contributed by atoms with Crippen molar-refractivity contribution in [2.24, 2.45) is 16.0 Å². The molecule has 0 aliphatic carbocycles. The lowest BCUT2D eigenvalue weighted by molar-refractivity contribution is -0.384. The highest BCUT2D eigenvalue weighted by molar-refractivity contribution is 6.08. The van der Waals surface area contributed by atoms with Gasteiger partial charge in [-0.15, -0.1) is 0 Å². The van der Waals surface area contributed by atoms with E-state index in [4.69, 9.17) is 25.0 Å². The zero-order valence-electron chi connectivity index (χ0n) is 21.7. The van der Waals surface area contributed by atoms with E-state index < -0.39 is 34.3 Å². The van der Waals surface area contributed by atoms with Crippen LogP contribution in [-0.2, 0) is 23.8 Å². The molecule has 0 N–H and O–H groups in total. The van der Waals surface area contributed by atoms with E-state index in [2.05, 4.69) is 15.0 Å². The van der Waals surface area contributed by atoms with Crippen LogP contribution in [0.25, 0.3) is 10.4 Å². The predicted molar refractivity (Wildman–Crippen MR) is 136 cm³/mol. The Morgan fingerprint density at radius 2 is 1.95 bits per heavy atom. The first-order valence-corrected chi connectivity index (χ1v) is 11.9. The van der Waals surface area contributed by atoms with Gasteiger partial charge in [-0.3, -0.25) is 19.9 Å². The second-order valence-corrected chi connectivity index (χ2v) is 9.21. The second kappa shape index (κ2) is 13.9. The summed E-state index contributed by atoms with van der Waals surface area (Å²) in [6, 6.07) is 7.42. The van der Waals surface area contributed by atoms with E-state index in [0.29, 0.717) is 17.7 Å². The molecule has 0 saturated heterocycles. The number of hydrogen-bond donors (Lipinski definition) is 0. The number of carbonyl (C=O) groups is 2. The summed E-state index contributed by atoms with van der Waals surface area (Å²) in [6.07, 6.45) is 0.309. The van der Waals surface area contributed by atoms with Crippen molar-refractivity contribution in [2.45, 2.75) is 52.1 Å². The lowest BCUT2D eigenvalue weighted by Gasteiger charge is -2.34. The molecule has 1 aromatic carbocycles. The van der Waals surface area contributed by atoms with Crippen LogP contribution >= 0.6 is 0 Å². The van der Waals surface area contributed by atoms with Gasteiger partial charge >= 0.3 is 11.9 Å². The quantitative estimate of drug-likeness (QED) is 0.0721. The van der Waals surface area contributed by atoms with Gasteiger partial charge in [-0.2, -0.15) is 5.26 Å².